The van der Waals surface area contributed by atoms with E-state index in [9.17, 15) is 20.2 Å². The summed E-state index contributed by atoms with van der Waals surface area (Å²) < 4.78 is 0. The van der Waals surface area contributed by atoms with E-state index in [0.29, 0.717) is 26.9 Å². The van der Waals surface area contributed by atoms with Crippen LogP contribution >= 0.6 is 23.2 Å². The maximum atomic E-state index is 13.2. The number of anilines is 1. The van der Waals surface area contributed by atoms with E-state index in [1.807, 2.05) is 20.8 Å². The van der Waals surface area contributed by atoms with Crippen molar-refractivity contribution in [2.45, 2.75) is 32.6 Å². The monoisotopic (exact) mass is 495 g/mol. The summed E-state index contributed by atoms with van der Waals surface area (Å²) in [6.45, 7) is 5.67. The summed E-state index contributed by atoms with van der Waals surface area (Å²) in [5.41, 5.74) is 3.36. The van der Waals surface area contributed by atoms with Crippen molar-refractivity contribution in [1.29, 1.82) is 5.26 Å². The minimum Gasteiger partial charge on any atom is -0.325 e. The van der Waals surface area contributed by atoms with E-state index >= 15 is 0 Å². The molecule has 3 aromatic carbocycles. The largest absolute Gasteiger partial charge is 0.325 e. The van der Waals surface area contributed by atoms with Crippen LogP contribution in [0.25, 0.3) is 0 Å². The number of nitrogens with one attached hydrogen (secondary N) is 1. The molecule has 0 fully saturated rings. The maximum absolute atomic E-state index is 13.2. The number of carbonyl (C=O) groups is 1. The minimum absolute atomic E-state index is 0.0300. The number of nitrogens with zero attached hydrogens (tertiary/aromatic N) is 2. The van der Waals surface area contributed by atoms with Gasteiger partial charge in [-0.3, -0.25) is 14.9 Å². The smallest absolute Gasteiger partial charge is 0.269 e. The highest BCUT2D eigenvalue weighted by molar-refractivity contribution is 6.32. The Labute approximate surface area is 208 Å². The van der Waals surface area contributed by atoms with Crippen molar-refractivity contribution >= 4 is 40.5 Å². The summed E-state index contributed by atoms with van der Waals surface area (Å²) in [5.74, 6) is -1.40. The molecule has 0 heterocycles. The molecule has 3 rings (SSSR count). The highest BCUT2D eigenvalue weighted by Gasteiger charge is 2.26. The second-order valence-electron chi connectivity index (χ2n) is 8.36. The maximum Gasteiger partial charge on any atom is 0.269 e. The van der Waals surface area contributed by atoms with Crippen LogP contribution in [0.3, 0.4) is 0 Å². The number of nitro benzene ring substituents is 1. The highest BCUT2D eigenvalue weighted by atomic mass is 35.5. The van der Waals surface area contributed by atoms with Gasteiger partial charge in [0.25, 0.3) is 5.69 Å². The molecule has 0 saturated carbocycles. The summed E-state index contributed by atoms with van der Waals surface area (Å²) in [6, 6.07) is 18.8. The number of rotatable bonds is 7. The molecule has 0 aliphatic rings. The first kappa shape index (κ1) is 25.2. The van der Waals surface area contributed by atoms with Crippen molar-refractivity contribution in [3.8, 4) is 6.07 Å². The van der Waals surface area contributed by atoms with Crippen LogP contribution in [-0.2, 0) is 4.79 Å². The molecule has 0 aromatic heterocycles. The second kappa shape index (κ2) is 10.7. The van der Waals surface area contributed by atoms with E-state index < -0.39 is 16.8 Å². The van der Waals surface area contributed by atoms with E-state index in [1.54, 1.807) is 48.5 Å². The number of halogens is 2. The van der Waals surface area contributed by atoms with Crippen molar-refractivity contribution < 1.29 is 9.72 Å². The summed E-state index contributed by atoms with van der Waals surface area (Å²) in [5, 5.41) is 24.6. The average Bonchev–Trinajstić information content (AvgIpc) is 2.78. The number of aryl methyl sites for hydroxylation is 1. The molecule has 6 nitrogen and oxygen atoms in total. The molecule has 174 valence electrons. The molecule has 2 unspecified atom stereocenters. The van der Waals surface area contributed by atoms with Crippen LogP contribution < -0.4 is 5.32 Å². The standard InChI is InChI=1S/C26H23Cl2N3O3/c1-15(2)25(18-6-10-20(11-7-18)31(33)34)26(32)30-24-13-23(28)21(12-16(24)3)22(14-29)17-4-8-19(27)9-5-17/h4-13,15,22,25H,1-3H3,(H,30,32). The molecule has 0 radical (unpaired) electrons. The minimum atomic E-state index is -0.586. The summed E-state index contributed by atoms with van der Waals surface area (Å²) >= 11 is 12.5. The number of amides is 1. The van der Waals surface area contributed by atoms with Gasteiger partial charge in [0.1, 0.15) is 0 Å². The third-order valence-corrected chi connectivity index (χ3v) is 6.24. The van der Waals surface area contributed by atoms with Gasteiger partial charge in [-0.2, -0.15) is 5.26 Å². The quantitative estimate of drug-likeness (QED) is 0.275. The van der Waals surface area contributed by atoms with Crippen LogP contribution in [0.1, 0.15) is 47.9 Å². The fourth-order valence-electron chi connectivity index (χ4n) is 3.89. The predicted molar refractivity (Wildman–Crippen MR) is 134 cm³/mol. The van der Waals surface area contributed by atoms with Crippen molar-refractivity contribution in [2.75, 3.05) is 5.32 Å². The van der Waals surface area contributed by atoms with Crippen molar-refractivity contribution in [3.05, 3.63) is 103 Å². The van der Waals surface area contributed by atoms with E-state index in [0.717, 1.165) is 11.1 Å². The Balaban J connectivity index is 1.89. The van der Waals surface area contributed by atoms with Crippen LogP contribution in [-0.4, -0.2) is 10.8 Å². The van der Waals surface area contributed by atoms with Crippen molar-refractivity contribution in [3.63, 3.8) is 0 Å². The molecule has 0 saturated heterocycles. The zero-order valence-corrected chi connectivity index (χ0v) is 20.4. The number of non-ortho nitro benzene ring substituents is 1. The number of carbonyl (C=O) groups excluding carboxylic acids is 1. The van der Waals surface area contributed by atoms with Crippen LogP contribution in [0, 0.1) is 34.3 Å². The Hall–Kier alpha value is -3.40. The molecular weight excluding hydrogens is 473 g/mol. The fourth-order valence-corrected chi connectivity index (χ4v) is 4.29. The first-order chi connectivity index (χ1) is 16.1. The Kier molecular flexibility index (Phi) is 7.93. The van der Waals surface area contributed by atoms with Crippen LogP contribution in [0.5, 0.6) is 0 Å². The molecule has 0 aliphatic heterocycles. The van der Waals surface area contributed by atoms with E-state index in [4.69, 9.17) is 23.2 Å². The Morgan fingerprint density at radius 1 is 1.03 bits per heavy atom. The van der Waals surface area contributed by atoms with Gasteiger partial charge in [0.05, 0.1) is 22.8 Å². The van der Waals surface area contributed by atoms with Gasteiger partial charge in [-0.15, -0.1) is 0 Å². The Bertz CT molecular complexity index is 1250. The number of hydrogen-bond donors (Lipinski definition) is 1. The van der Waals surface area contributed by atoms with Crippen LogP contribution in [0.2, 0.25) is 10.0 Å². The van der Waals surface area contributed by atoms with Gasteiger partial charge in [-0.05, 0) is 53.3 Å². The lowest BCUT2D eigenvalue weighted by molar-refractivity contribution is -0.384. The number of benzene rings is 3. The highest BCUT2D eigenvalue weighted by Crippen LogP contribution is 2.35. The second-order valence-corrected chi connectivity index (χ2v) is 9.21. The average molecular weight is 496 g/mol. The lowest BCUT2D eigenvalue weighted by Gasteiger charge is -2.22. The zero-order valence-electron chi connectivity index (χ0n) is 18.9. The van der Waals surface area contributed by atoms with Crippen LogP contribution in [0.15, 0.2) is 60.7 Å². The van der Waals surface area contributed by atoms with E-state index in [2.05, 4.69) is 11.4 Å². The van der Waals surface area contributed by atoms with Crippen molar-refractivity contribution in [1.82, 2.24) is 0 Å². The topological polar surface area (TPSA) is 96.0 Å². The molecular formula is C26H23Cl2N3O3. The lowest BCUT2D eigenvalue weighted by atomic mass is 9.87. The Morgan fingerprint density at radius 3 is 2.15 bits per heavy atom. The van der Waals surface area contributed by atoms with Crippen molar-refractivity contribution in [2.24, 2.45) is 5.92 Å². The zero-order chi connectivity index (χ0) is 25.0. The Morgan fingerprint density at radius 2 is 1.62 bits per heavy atom. The van der Waals surface area contributed by atoms with Gasteiger partial charge in [0, 0.05) is 27.9 Å². The first-order valence-electron chi connectivity index (χ1n) is 10.6. The summed E-state index contributed by atoms with van der Waals surface area (Å²) in [7, 11) is 0. The van der Waals surface area contributed by atoms with Gasteiger partial charge in [0.15, 0.2) is 0 Å². The van der Waals surface area contributed by atoms with Gasteiger partial charge in [0.2, 0.25) is 5.91 Å². The fraction of sp³-hybridized carbons (Fsp3) is 0.231. The van der Waals surface area contributed by atoms with E-state index in [1.165, 1.54) is 12.1 Å². The van der Waals surface area contributed by atoms with Crippen LogP contribution in [0.4, 0.5) is 11.4 Å². The SMILES string of the molecule is Cc1cc(C(C#N)c2ccc(Cl)cc2)c(Cl)cc1NC(=O)C(c1ccc([N+](=O)[O-])cc1)C(C)C. The third kappa shape index (κ3) is 5.56. The molecule has 0 aliphatic carbocycles. The number of hydrogen-bond acceptors (Lipinski definition) is 4. The molecule has 1 amide bonds. The molecule has 34 heavy (non-hydrogen) atoms. The lowest BCUT2D eigenvalue weighted by Crippen LogP contribution is -2.25. The normalized spacial score (nSPS) is 12.6. The molecule has 3 aromatic rings. The molecule has 0 bridgehead atoms. The number of nitro groups is 1. The van der Waals surface area contributed by atoms with E-state index in [-0.39, 0.29) is 17.5 Å². The van der Waals surface area contributed by atoms with Gasteiger partial charge < -0.3 is 5.32 Å². The molecule has 2 atom stereocenters. The predicted octanol–water partition coefficient (Wildman–Crippen LogP) is 7.24. The van der Waals surface area contributed by atoms with Gasteiger partial charge in [-0.25, -0.2) is 0 Å². The molecule has 0 spiro atoms. The third-order valence-electron chi connectivity index (χ3n) is 5.66. The molecule has 1 N–H and O–H groups in total. The molecule has 8 heteroatoms. The van der Waals surface area contributed by atoms with Gasteiger partial charge in [-0.1, -0.05) is 67.4 Å². The summed E-state index contributed by atoms with van der Waals surface area (Å²) in [4.78, 5) is 23.7. The van der Waals surface area contributed by atoms with Gasteiger partial charge >= 0.3 is 0 Å². The summed E-state index contributed by atoms with van der Waals surface area (Å²) in [6.07, 6.45) is 0. The first-order valence-corrected chi connectivity index (χ1v) is 11.4. The number of nitriles is 1.